The van der Waals surface area contributed by atoms with Gasteiger partial charge in [-0.3, -0.25) is 9.69 Å². The third-order valence-corrected chi connectivity index (χ3v) is 4.41. The van der Waals surface area contributed by atoms with Crippen molar-refractivity contribution in [1.29, 1.82) is 0 Å². The third-order valence-electron chi connectivity index (χ3n) is 4.41. The number of amides is 1. The fourth-order valence-corrected chi connectivity index (χ4v) is 3.04. The maximum Gasteiger partial charge on any atom is 0.414 e. The van der Waals surface area contributed by atoms with Crippen molar-refractivity contribution < 1.29 is 19.1 Å². The summed E-state index contributed by atoms with van der Waals surface area (Å²) in [6.07, 6.45) is 0.226. The highest BCUT2D eigenvalue weighted by Crippen LogP contribution is 2.36. The van der Waals surface area contributed by atoms with Crippen molar-refractivity contribution >= 4 is 28.8 Å². The van der Waals surface area contributed by atoms with Gasteiger partial charge in [0.2, 0.25) is 0 Å². The Balaban J connectivity index is 2.04. The Bertz CT molecular complexity index is 1020. The Kier molecular flexibility index (Phi) is 5.87. The van der Waals surface area contributed by atoms with Crippen LogP contribution in [-0.4, -0.2) is 25.0 Å². The van der Waals surface area contributed by atoms with Crippen LogP contribution in [0.25, 0.3) is 10.8 Å². The van der Waals surface area contributed by atoms with Gasteiger partial charge < -0.3 is 9.47 Å². The molecule has 0 unspecified atom stereocenters. The summed E-state index contributed by atoms with van der Waals surface area (Å²) in [6, 6.07) is 19.0. The van der Waals surface area contributed by atoms with Crippen LogP contribution >= 0.6 is 0 Å². The summed E-state index contributed by atoms with van der Waals surface area (Å²) < 4.78 is 11.5. The predicted octanol–water partition coefficient (Wildman–Crippen LogP) is 5.60. The molecule has 0 saturated heterocycles. The highest BCUT2D eigenvalue weighted by atomic mass is 16.6. The molecule has 0 saturated carbocycles. The molecular weight excluding hydrogens is 366 g/mol. The molecule has 150 valence electrons. The first kappa shape index (κ1) is 20.4. The van der Waals surface area contributed by atoms with E-state index < -0.39 is 11.7 Å². The summed E-state index contributed by atoms with van der Waals surface area (Å²) in [4.78, 5) is 25.9. The van der Waals surface area contributed by atoms with Crippen LogP contribution in [0.3, 0.4) is 0 Å². The smallest absolute Gasteiger partial charge is 0.414 e. The summed E-state index contributed by atoms with van der Waals surface area (Å²) in [5.74, 6) is 0.598. The minimum atomic E-state index is -0.643. The van der Waals surface area contributed by atoms with E-state index in [0.29, 0.717) is 23.6 Å². The van der Waals surface area contributed by atoms with Crippen LogP contribution < -0.4 is 9.64 Å². The molecule has 0 N–H and O–H groups in total. The zero-order valence-electron chi connectivity index (χ0n) is 17.1. The van der Waals surface area contributed by atoms with Gasteiger partial charge in [-0.25, -0.2) is 4.79 Å². The van der Waals surface area contributed by atoms with E-state index in [1.54, 1.807) is 33.9 Å². The molecule has 0 radical (unpaired) electrons. The molecule has 5 heteroatoms. The van der Waals surface area contributed by atoms with Crippen LogP contribution in [0.4, 0.5) is 10.5 Å². The van der Waals surface area contributed by atoms with E-state index in [4.69, 9.17) is 9.47 Å². The van der Waals surface area contributed by atoms with Gasteiger partial charge in [-0.05, 0) is 31.7 Å². The van der Waals surface area contributed by atoms with Crippen LogP contribution in [0.5, 0.6) is 5.75 Å². The second-order valence-corrected chi connectivity index (χ2v) is 7.78. The molecule has 5 nitrogen and oxygen atoms in total. The third kappa shape index (κ3) is 4.74. The average Bonchev–Trinajstić information content (AvgIpc) is 2.70. The number of hydrogen-bond donors (Lipinski definition) is 0. The number of fused-ring (bicyclic) bond motifs is 1. The van der Waals surface area contributed by atoms with Gasteiger partial charge in [0.25, 0.3) is 0 Å². The first-order valence-electron chi connectivity index (χ1n) is 9.44. The van der Waals surface area contributed by atoms with Crippen LogP contribution in [0.2, 0.25) is 0 Å². The van der Waals surface area contributed by atoms with Gasteiger partial charge in [0.1, 0.15) is 18.0 Å². The molecule has 0 heterocycles. The molecular formula is C24H25NO4. The van der Waals surface area contributed by atoms with E-state index in [-0.39, 0.29) is 0 Å². The SMILES string of the molecule is CN(C(=O)OC(C)(C)C)c1cc(OCc2ccccc2)c2ccccc2c1C=O. The zero-order chi connectivity index (χ0) is 21.0. The molecule has 3 aromatic rings. The minimum absolute atomic E-state index is 0.376. The number of aldehydes is 1. The Morgan fingerprint density at radius 2 is 1.62 bits per heavy atom. The maximum atomic E-state index is 12.6. The first-order chi connectivity index (χ1) is 13.8. The minimum Gasteiger partial charge on any atom is -0.488 e. The Morgan fingerprint density at radius 1 is 1.00 bits per heavy atom. The number of ether oxygens (including phenoxy) is 2. The highest BCUT2D eigenvalue weighted by Gasteiger charge is 2.24. The Morgan fingerprint density at radius 3 is 2.24 bits per heavy atom. The van der Waals surface area contributed by atoms with Gasteiger partial charge >= 0.3 is 6.09 Å². The molecule has 0 bridgehead atoms. The lowest BCUT2D eigenvalue weighted by Gasteiger charge is -2.26. The first-order valence-corrected chi connectivity index (χ1v) is 9.44. The van der Waals surface area contributed by atoms with Crippen LogP contribution in [0.1, 0.15) is 36.7 Å². The van der Waals surface area contributed by atoms with Gasteiger partial charge in [-0.15, -0.1) is 0 Å². The topological polar surface area (TPSA) is 55.8 Å². The quantitative estimate of drug-likeness (QED) is 0.531. The second-order valence-electron chi connectivity index (χ2n) is 7.78. The van der Waals surface area contributed by atoms with Crippen molar-refractivity contribution in [3.8, 4) is 5.75 Å². The molecule has 0 aromatic heterocycles. The molecule has 1 amide bonds. The van der Waals surface area contributed by atoms with Crippen molar-refractivity contribution in [3.05, 3.63) is 71.8 Å². The Labute approximate surface area is 170 Å². The largest absolute Gasteiger partial charge is 0.488 e. The lowest BCUT2D eigenvalue weighted by Crippen LogP contribution is -2.34. The van der Waals surface area contributed by atoms with Gasteiger partial charge in [-0.2, -0.15) is 0 Å². The van der Waals surface area contributed by atoms with Crippen molar-refractivity contribution in [2.75, 3.05) is 11.9 Å². The second kappa shape index (κ2) is 8.35. The standard InChI is InChI=1S/C24H25NO4/c1-24(2,3)29-23(27)25(4)21-14-22(28-16-17-10-6-5-7-11-17)19-13-9-8-12-18(19)20(21)15-26/h5-15H,16H2,1-4H3. The number of carbonyl (C=O) groups is 2. The van der Waals surface area contributed by atoms with E-state index in [1.807, 2.05) is 54.6 Å². The van der Waals surface area contributed by atoms with Crippen LogP contribution in [0.15, 0.2) is 60.7 Å². The zero-order valence-corrected chi connectivity index (χ0v) is 17.1. The predicted molar refractivity (Wildman–Crippen MR) is 115 cm³/mol. The summed E-state index contributed by atoms with van der Waals surface area (Å²) in [7, 11) is 1.59. The van der Waals surface area contributed by atoms with E-state index in [0.717, 1.165) is 22.6 Å². The van der Waals surface area contributed by atoms with Crippen LogP contribution in [-0.2, 0) is 11.3 Å². The molecule has 0 spiro atoms. The number of carbonyl (C=O) groups excluding carboxylic acids is 2. The molecule has 0 aliphatic carbocycles. The van der Waals surface area contributed by atoms with Crippen molar-refractivity contribution in [2.45, 2.75) is 33.0 Å². The van der Waals surface area contributed by atoms with Gasteiger partial charge in [-0.1, -0.05) is 54.6 Å². The molecule has 0 atom stereocenters. The Hall–Kier alpha value is -3.34. The summed E-state index contributed by atoms with van der Waals surface area (Å²) in [5, 5.41) is 1.53. The normalized spacial score (nSPS) is 11.2. The summed E-state index contributed by atoms with van der Waals surface area (Å²) in [6.45, 7) is 5.78. The van der Waals surface area contributed by atoms with Gasteiger partial charge in [0.15, 0.2) is 6.29 Å². The number of nitrogens with zero attached hydrogens (tertiary/aromatic N) is 1. The number of rotatable bonds is 5. The fourth-order valence-electron chi connectivity index (χ4n) is 3.04. The number of anilines is 1. The molecule has 0 fully saturated rings. The average molecular weight is 391 g/mol. The van der Waals surface area contributed by atoms with E-state index in [9.17, 15) is 9.59 Å². The molecule has 0 aliphatic rings. The van der Waals surface area contributed by atoms with Crippen molar-refractivity contribution in [1.82, 2.24) is 0 Å². The van der Waals surface area contributed by atoms with E-state index in [2.05, 4.69) is 0 Å². The monoisotopic (exact) mass is 391 g/mol. The summed E-state index contributed by atoms with van der Waals surface area (Å²) >= 11 is 0. The van der Waals surface area contributed by atoms with Gasteiger partial charge in [0, 0.05) is 24.1 Å². The lowest BCUT2D eigenvalue weighted by atomic mass is 10.0. The number of hydrogen-bond acceptors (Lipinski definition) is 4. The molecule has 0 aliphatic heterocycles. The molecule has 29 heavy (non-hydrogen) atoms. The lowest BCUT2D eigenvalue weighted by molar-refractivity contribution is 0.0589. The van der Waals surface area contributed by atoms with Crippen LogP contribution in [0, 0.1) is 0 Å². The highest BCUT2D eigenvalue weighted by molar-refractivity contribution is 6.08. The van der Waals surface area contributed by atoms with Crippen molar-refractivity contribution in [2.24, 2.45) is 0 Å². The fraction of sp³-hybridized carbons (Fsp3) is 0.250. The molecule has 3 rings (SSSR count). The van der Waals surface area contributed by atoms with Crippen molar-refractivity contribution in [3.63, 3.8) is 0 Å². The maximum absolute atomic E-state index is 12.6. The van der Waals surface area contributed by atoms with E-state index >= 15 is 0 Å². The number of benzene rings is 3. The van der Waals surface area contributed by atoms with E-state index in [1.165, 1.54) is 4.90 Å². The molecule has 3 aromatic carbocycles. The summed E-state index contributed by atoms with van der Waals surface area (Å²) in [5.41, 5.74) is 1.24. The van der Waals surface area contributed by atoms with Gasteiger partial charge in [0.05, 0.1) is 5.69 Å².